The first-order valence-electron chi connectivity index (χ1n) is 11.1. The van der Waals surface area contributed by atoms with Gasteiger partial charge < -0.3 is 10.6 Å². The van der Waals surface area contributed by atoms with Crippen LogP contribution in [0.4, 0.5) is 16.2 Å². The van der Waals surface area contributed by atoms with Crippen molar-refractivity contribution in [2.45, 2.75) is 18.9 Å². The van der Waals surface area contributed by atoms with E-state index in [-0.39, 0.29) is 17.8 Å². The third kappa shape index (κ3) is 3.61. The summed E-state index contributed by atoms with van der Waals surface area (Å²) in [5, 5.41) is 4.91. The molecule has 1 atom stereocenters. The van der Waals surface area contributed by atoms with E-state index in [0.29, 0.717) is 11.4 Å². The Hall–Kier alpha value is -4.40. The fraction of sp³-hybridized carbons (Fsp3) is 0.160. The molecule has 5 heterocycles. The number of hydrogen-bond donors (Lipinski definition) is 1. The van der Waals surface area contributed by atoms with Crippen molar-refractivity contribution in [3.63, 3.8) is 0 Å². The van der Waals surface area contributed by atoms with E-state index in [4.69, 9.17) is 15.8 Å². The van der Waals surface area contributed by atoms with Crippen molar-refractivity contribution in [3.8, 4) is 22.8 Å². The number of hydrogen-bond acceptors (Lipinski definition) is 7. The third-order valence-electron chi connectivity index (χ3n) is 6.08. The third-order valence-corrected chi connectivity index (χ3v) is 6.08. The predicted molar refractivity (Wildman–Crippen MR) is 127 cm³/mol. The smallest absolute Gasteiger partial charge is 0.220 e. The first kappa shape index (κ1) is 20.2. The average molecular weight is 452 g/mol. The van der Waals surface area contributed by atoms with Gasteiger partial charge in [-0.15, -0.1) is 5.10 Å². The van der Waals surface area contributed by atoms with Gasteiger partial charge in [0, 0.05) is 12.7 Å². The molecule has 0 radical (unpaired) electrons. The van der Waals surface area contributed by atoms with Crippen molar-refractivity contribution in [1.82, 2.24) is 29.5 Å². The number of pyridine rings is 1. The van der Waals surface area contributed by atoms with Crippen LogP contribution >= 0.6 is 0 Å². The van der Waals surface area contributed by atoms with Gasteiger partial charge in [0.2, 0.25) is 5.95 Å². The van der Waals surface area contributed by atoms with Crippen LogP contribution < -0.4 is 10.6 Å². The molecule has 1 aliphatic heterocycles. The lowest BCUT2D eigenvalue weighted by Gasteiger charge is -2.26. The summed E-state index contributed by atoms with van der Waals surface area (Å²) in [4.78, 5) is 19.7. The van der Waals surface area contributed by atoms with Gasteiger partial charge in [-0.2, -0.15) is 0 Å². The van der Waals surface area contributed by atoms with Crippen LogP contribution in [-0.2, 0) is 0 Å². The summed E-state index contributed by atoms with van der Waals surface area (Å²) in [5.74, 6) is 0.795. The molecule has 4 aromatic heterocycles. The number of imidazole rings is 1. The molecule has 5 aromatic rings. The van der Waals surface area contributed by atoms with Crippen LogP contribution in [0.25, 0.3) is 28.4 Å². The Morgan fingerprint density at radius 1 is 0.912 bits per heavy atom. The maximum absolute atomic E-state index is 13.9. The molecule has 1 fully saturated rings. The molecule has 2 N–H and O–H groups in total. The number of aromatic nitrogens is 6. The van der Waals surface area contributed by atoms with Crippen molar-refractivity contribution in [2.24, 2.45) is 0 Å². The molecular formula is C25H21FN8. The molecule has 1 saturated heterocycles. The van der Waals surface area contributed by atoms with E-state index < -0.39 is 0 Å². The van der Waals surface area contributed by atoms with Crippen molar-refractivity contribution >= 4 is 17.4 Å². The van der Waals surface area contributed by atoms with Gasteiger partial charge in [-0.25, -0.2) is 28.8 Å². The minimum atomic E-state index is -0.221. The summed E-state index contributed by atoms with van der Waals surface area (Å²) in [7, 11) is 0. The SMILES string of the molecule is Nc1nccc(-c2cccc(-c3cnc4ccc(N5CCC[C@@H]5c5cccc(F)c5)nn34)n2)n1. The van der Waals surface area contributed by atoms with Gasteiger partial charge in [0.25, 0.3) is 0 Å². The normalized spacial score (nSPS) is 15.8. The van der Waals surface area contributed by atoms with Gasteiger partial charge in [-0.3, -0.25) is 0 Å². The van der Waals surface area contributed by atoms with Gasteiger partial charge in [-0.1, -0.05) is 18.2 Å². The topological polar surface area (TPSA) is 98.1 Å². The predicted octanol–water partition coefficient (Wildman–Crippen LogP) is 4.31. The van der Waals surface area contributed by atoms with Crippen LogP contribution in [0.2, 0.25) is 0 Å². The molecule has 0 aliphatic carbocycles. The zero-order chi connectivity index (χ0) is 23.1. The zero-order valence-corrected chi connectivity index (χ0v) is 18.2. The molecule has 1 aromatic carbocycles. The molecule has 6 rings (SSSR count). The quantitative estimate of drug-likeness (QED) is 0.434. The molecule has 34 heavy (non-hydrogen) atoms. The van der Waals surface area contributed by atoms with Crippen molar-refractivity contribution in [2.75, 3.05) is 17.2 Å². The van der Waals surface area contributed by atoms with E-state index in [1.54, 1.807) is 35.1 Å². The minimum absolute atomic E-state index is 0.0808. The van der Waals surface area contributed by atoms with Gasteiger partial charge in [0.15, 0.2) is 5.65 Å². The molecule has 0 bridgehead atoms. The van der Waals surface area contributed by atoms with E-state index in [9.17, 15) is 4.39 Å². The lowest BCUT2D eigenvalue weighted by atomic mass is 10.0. The number of benzene rings is 1. The highest BCUT2D eigenvalue weighted by atomic mass is 19.1. The largest absolute Gasteiger partial charge is 0.368 e. The molecule has 0 saturated carbocycles. The van der Waals surface area contributed by atoms with Crippen molar-refractivity contribution in [1.29, 1.82) is 0 Å². The maximum atomic E-state index is 13.9. The van der Waals surface area contributed by atoms with Crippen LogP contribution in [-0.4, -0.2) is 36.1 Å². The average Bonchev–Trinajstić information content (AvgIpc) is 3.51. The Kier molecular flexibility index (Phi) is 4.87. The second-order valence-corrected chi connectivity index (χ2v) is 8.22. The van der Waals surface area contributed by atoms with Crippen LogP contribution in [0.3, 0.4) is 0 Å². The van der Waals surface area contributed by atoms with Crippen LogP contribution in [0.1, 0.15) is 24.4 Å². The van der Waals surface area contributed by atoms with Crippen LogP contribution in [0, 0.1) is 5.82 Å². The number of halogens is 1. The first-order chi connectivity index (χ1) is 16.7. The molecule has 168 valence electrons. The monoisotopic (exact) mass is 452 g/mol. The van der Waals surface area contributed by atoms with Crippen molar-refractivity contribution in [3.05, 3.63) is 84.4 Å². The maximum Gasteiger partial charge on any atom is 0.220 e. The molecule has 1 aliphatic rings. The lowest BCUT2D eigenvalue weighted by Crippen LogP contribution is -2.24. The number of rotatable bonds is 4. The Balaban J connectivity index is 1.39. The second-order valence-electron chi connectivity index (χ2n) is 8.22. The summed E-state index contributed by atoms with van der Waals surface area (Å²) in [6.45, 7) is 0.854. The summed E-state index contributed by atoms with van der Waals surface area (Å²) >= 11 is 0. The van der Waals surface area contributed by atoms with Gasteiger partial charge >= 0.3 is 0 Å². The van der Waals surface area contributed by atoms with E-state index in [1.165, 1.54) is 6.07 Å². The van der Waals surface area contributed by atoms with E-state index in [2.05, 4.69) is 19.9 Å². The minimum Gasteiger partial charge on any atom is -0.368 e. The molecular weight excluding hydrogens is 431 g/mol. The van der Waals surface area contributed by atoms with Gasteiger partial charge in [0.1, 0.15) is 17.3 Å². The Morgan fingerprint density at radius 2 is 1.76 bits per heavy atom. The summed E-state index contributed by atoms with van der Waals surface area (Å²) in [5.41, 5.74) is 10.2. The van der Waals surface area contributed by atoms with E-state index in [0.717, 1.165) is 47.8 Å². The summed E-state index contributed by atoms with van der Waals surface area (Å²) in [6, 6.07) is 18.3. The second kappa shape index (κ2) is 8.18. The van der Waals surface area contributed by atoms with Gasteiger partial charge in [0.05, 0.1) is 29.3 Å². The standard InChI is InChI=1S/C25H21FN8/c26-17-5-1-4-16(14-17)21-8-3-13-33(21)24-10-9-23-29-15-22(34(23)32-24)20-7-2-6-18(30-20)19-11-12-28-25(27)31-19/h1-2,4-7,9-12,14-15,21H,3,8,13H2,(H2,27,28,31)/t21-/m1/s1. The lowest BCUT2D eigenvalue weighted by molar-refractivity contribution is 0.617. The number of nitrogen functional groups attached to an aromatic ring is 1. The number of nitrogens with zero attached hydrogens (tertiary/aromatic N) is 7. The Bertz CT molecular complexity index is 1500. The van der Waals surface area contributed by atoms with Gasteiger partial charge in [-0.05, 0) is 60.9 Å². The highest BCUT2D eigenvalue weighted by molar-refractivity contribution is 5.65. The molecule has 9 heteroatoms. The number of nitrogens with two attached hydrogens (primary N) is 1. The molecule has 0 unspecified atom stereocenters. The van der Waals surface area contributed by atoms with Crippen LogP contribution in [0.15, 0.2) is 73.1 Å². The molecule has 8 nitrogen and oxygen atoms in total. The number of fused-ring (bicyclic) bond motifs is 1. The van der Waals surface area contributed by atoms with E-state index in [1.807, 2.05) is 36.4 Å². The highest BCUT2D eigenvalue weighted by Gasteiger charge is 2.28. The van der Waals surface area contributed by atoms with E-state index >= 15 is 0 Å². The molecule has 0 amide bonds. The fourth-order valence-electron chi connectivity index (χ4n) is 4.53. The number of anilines is 2. The van der Waals surface area contributed by atoms with Crippen LogP contribution in [0.5, 0.6) is 0 Å². The van der Waals surface area contributed by atoms with Crippen molar-refractivity contribution < 1.29 is 4.39 Å². The Morgan fingerprint density at radius 3 is 2.65 bits per heavy atom. The highest BCUT2D eigenvalue weighted by Crippen LogP contribution is 2.35. The first-order valence-corrected chi connectivity index (χ1v) is 11.1. The zero-order valence-electron chi connectivity index (χ0n) is 18.2. The fourth-order valence-corrected chi connectivity index (χ4v) is 4.53. The Labute approximate surface area is 195 Å². The molecule has 0 spiro atoms. The summed E-state index contributed by atoms with van der Waals surface area (Å²) in [6.07, 6.45) is 5.34. The summed E-state index contributed by atoms with van der Waals surface area (Å²) < 4.78 is 15.7.